The molecule has 7 nitrogen and oxygen atoms in total. The number of H-pyrrole nitrogens is 1. The summed E-state index contributed by atoms with van der Waals surface area (Å²) in [7, 11) is 0. The molecule has 3 aromatic heterocycles. The lowest BCUT2D eigenvalue weighted by Crippen LogP contribution is -2.09. The summed E-state index contributed by atoms with van der Waals surface area (Å²) in [4.78, 5) is 16.8. The van der Waals surface area contributed by atoms with Crippen LogP contribution in [0.5, 0.6) is 0 Å². The smallest absolute Gasteiger partial charge is 0.180 e. The fraction of sp³-hybridized carbons (Fsp3) is 0.182. The second-order valence-electron chi connectivity index (χ2n) is 3.83. The molecule has 0 fully saturated rings. The number of nitrogens with zero attached hydrogens (tertiary/aromatic N) is 5. The van der Waals surface area contributed by atoms with E-state index in [1.165, 1.54) is 6.33 Å². The highest BCUT2D eigenvalue weighted by molar-refractivity contribution is 5.71. The summed E-state index contributed by atoms with van der Waals surface area (Å²) in [5.74, 6) is 1.49. The number of aromatic nitrogens is 6. The summed E-state index contributed by atoms with van der Waals surface area (Å²) in [6, 6.07) is 3.74. The molecular weight excluding hydrogens is 230 g/mol. The third kappa shape index (κ3) is 1.97. The van der Waals surface area contributed by atoms with Gasteiger partial charge in [0.2, 0.25) is 0 Å². The van der Waals surface area contributed by atoms with E-state index in [0.29, 0.717) is 5.65 Å². The average molecular weight is 241 g/mol. The number of aromatic amines is 1. The number of nitrogens with one attached hydrogen (secondary N) is 2. The number of rotatable bonds is 3. The van der Waals surface area contributed by atoms with Crippen LogP contribution in [-0.2, 0) is 0 Å². The van der Waals surface area contributed by atoms with Crippen LogP contribution in [0.15, 0.2) is 30.9 Å². The van der Waals surface area contributed by atoms with Crippen molar-refractivity contribution < 1.29 is 0 Å². The molecule has 2 N–H and O–H groups in total. The molecule has 1 atom stereocenters. The van der Waals surface area contributed by atoms with Crippen LogP contribution >= 0.6 is 0 Å². The van der Waals surface area contributed by atoms with E-state index < -0.39 is 0 Å². The SMILES string of the molecule is CC(Nc1ccc2nccnc2n1)c1ncn[nH]1. The Kier molecular flexibility index (Phi) is 2.56. The molecule has 0 radical (unpaired) electrons. The Morgan fingerprint density at radius 1 is 1.17 bits per heavy atom. The third-order valence-corrected chi connectivity index (χ3v) is 2.54. The van der Waals surface area contributed by atoms with Crippen molar-refractivity contribution in [2.24, 2.45) is 0 Å². The van der Waals surface area contributed by atoms with Gasteiger partial charge in [-0.3, -0.25) is 10.1 Å². The molecule has 0 amide bonds. The van der Waals surface area contributed by atoms with Gasteiger partial charge >= 0.3 is 0 Å². The highest BCUT2D eigenvalue weighted by Crippen LogP contribution is 2.15. The zero-order valence-corrected chi connectivity index (χ0v) is 9.70. The fourth-order valence-corrected chi connectivity index (χ4v) is 1.65. The molecule has 0 aromatic carbocycles. The maximum atomic E-state index is 4.38. The van der Waals surface area contributed by atoms with Crippen molar-refractivity contribution in [1.29, 1.82) is 0 Å². The predicted molar refractivity (Wildman–Crippen MR) is 65.8 cm³/mol. The van der Waals surface area contributed by atoms with Gasteiger partial charge in [0.25, 0.3) is 0 Å². The highest BCUT2D eigenvalue weighted by Gasteiger charge is 2.09. The molecule has 0 bridgehead atoms. The summed E-state index contributed by atoms with van der Waals surface area (Å²) >= 11 is 0. The Labute approximate surface area is 103 Å². The van der Waals surface area contributed by atoms with Crippen LogP contribution in [0.25, 0.3) is 11.2 Å². The van der Waals surface area contributed by atoms with E-state index in [9.17, 15) is 0 Å². The Balaban J connectivity index is 1.86. The largest absolute Gasteiger partial charge is 0.360 e. The van der Waals surface area contributed by atoms with Crippen LogP contribution in [0, 0.1) is 0 Å². The lowest BCUT2D eigenvalue weighted by Gasteiger charge is -2.11. The molecule has 0 saturated heterocycles. The summed E-state index contributed by atoms with van der Waals surface area (Å²) in [5.41, 5.74) is 1.39. The zero-order chi connectivity index (χ0) is 12.4. The molecule has 0 spiro atoms. The number of anilines is 1. The van der Waals surface area contributed by atoms with Crippen molar-refractivity contribution in [3.63, 3.8) is 0 Å². The van der Waals surface area contributed by atoms with E-state index in [4.69, 9.17) is 0 Å². The number of fused-ring (bicyclic) bond motifs is 1. The molecule has 3 aromatic rings. The summed E-state index contributed by atoms with van der Waals surface area (Å²) < 4.78 is 0. The average Bonchev–Trinajstić information content (AvgIpc) is 2.92. The summed E-state index contributed by atoms with van der Waals surface area (Å²) in [6.45, 7) is 1.98. The van der Waals surface area contributed by atoms with Crippen LogP contribution in [0.2, 0.25) is 0 Å². The van der Waals surface area contributed by atoms with Gasteiger partial charge in [0.15, 0.2) is 5.65 Å². The molecular formula is C11H11N7. The first-order chi connectivity index (χ1) is 8.83. The second kappa shape index (κ2) is 4.36. The first-order valence-electron chi connectivity index (χ1n) is 5.52. The van der Waals surface area contributed by atoms with Gasteiger partial charge in [-0.15, -0.1) is 0 Å². The molecule has 3 heterocycles. The number of hydrogen-bond donors (Lipinski definition) is 2. The van der Waals surface area contributed by atoms with Gasteiger partial charge in [0.05, 0.1) is 6.04 Å². The number of hydrogen-bond acceptors (Lipinski definition) is 6. The van der Waals surface area contributed by atoms with Crippen LogP contribution in [0.3, 0.4) is 0 Å². The standard InChI is InChI=1S/C11H11N7/c1-7(10-14-6-15-18-10)16-9-3-2-8-11(17-9)13-5-4-12-8/h2-7H,1H3,(H,13,16,17)(H,14,15,18). The molecule has 3 rings (SSSR count). The van der Waals surface area contributed by atoms with E-state index >= 15 is 0 Å². The maximum Gasteiger partial charge on any atom is 0.180 e. The van der Waals surface area contributed by atoms with E-state index in [0.717, 1.165) is 17.2 Å². The zero-order valence-electron chi connectivity index (χ0n) is 9.70. The van der Waals surface area contributed by atoms with Crippen molar-refractivity contribution in [1.82, 2.24) is 30.1 Å². The Hall–Kier alpha value is -2.57. The Bertz CT molecular complexity index is 649. The van der Waals surface area contributed by atoms with Gasteiger partial charge in [-0.2, -0.15) is 5.10 Å². The van der Waals surface area contributed by atoms with Crippen molar-refractivity contribution in [3.8, 4) is 0 Å². The van der Waals surface area contributed by atoms with E-state index in [-0.39, 0.29) is 6.04 Å². The van der Waals surface area contributed by atoms with Crippen molar-refractivity contribution in [3.05, 3.63) is 36.7 Å². The van der Waals surface area contributed by atoms with Gasteiger partial charge in [-0.05, 0) is 19.1 Å². The normalized spacial score (nSPS) is 12.5. The molecule has 1 unspecified atom stereocenters. The predicted octanol–water partition coefficient (Wildman–Crippen LogP) is 1.32. The maximum absolute atomic E-state index is 4.38. The summed E-state index contributed by atoms with van der Waals surface area (Å²) in [6.07, 6.45) is 4.75. The van der Waals surface area contributed by atoms with Gasteiger partial charge in [0.1, 0.15) is 23.5 Å². The van der Waals surface area contributed by atoms with Crippen molar-refractivity contribution >= 4 is 17.0 Å². The Morgan fingerprint density at radius 3 is 2.89 bits per heavy atom. The third-order valence-electron chi connectivity index (χ3n) is 2.54. The van der Waals surface area contributed by atoms with Gasteiger partial charge in [-0.25, -0.2) is 15.0 Å². The van der Waals surface area contributed by atoms with E-state index in [2.05, 4.69) is 35.5 Å². The van der Waals surface area contributed by atoms with Gasteiger partial charge < -0.3 is 5.32 Å². The minimum atomic E-state index is -0.00544. The summed E-state index contributed by atoms with van der Waals surface area (Å²) in [5, 5.41) is 9.85. The first-order valence-corrected chi connectivity index (χ1v) is 5.52. The van der Waals surface area contributed by atoms with Crippen LogP contribution in [0.1, 0.15) is 18.8 Å². The minimum absolute atomic E-state index is 0.00544. The topological polar surface area (TPSA) is 92.3 Å². The van der Waals surface area contributed by atoms with Gasteiger partial charge in [-0.1, -0.05) is 0 Å². The Morgan fingerprint density at radius 2 is 2.06 bits per heavy atom. The molecule has 7 heteroatoms. The van der Waals surface area contributed by atoms with Crippen molar-refractivity contribution in [2.75, 3.05) is 5.32 Å². The minimum Gasteiger partial charge on any atom is -0.360 e. The molecule has 0 aliphatic carbocycles. The van der Waals surface area contributed by atoms with E-state index in [1.54, 1.807) is 12.4 Å². The second-order valence-corrected chi connectivity index (χ2v) is 3.83. The quantitative estimate of drug-likeness (QED) is 0.718. The molecule has 0 aliphatic rings. The lowest BCUT2D eigenvalue weighted by atomic mass is 10.3. The van der Waals surface area contributed by atoms with Crippen LogP contribution in [0.4, 0.5) is 5.82 Å². The highest BCUT2D eigenvalue weighted by atomic mass is 15.2. The molecule has 18 heavy (non-hydrogen) atoms. The van der Waals surface area contributed by atoms with Crippen molar-refractivity contribution in [2.45, 2.75) is 13.0 Å². The molecule has 0 saturated carbocycles. The first kappa shape index (κ1) is 10.6. The molecule has 0 aliphatic heterocycles. The fourth-order valence-electron chi connectivity index (χ4n) is 1.65. The monoisotopic (exact) mass is 241 g/mol. The van der Waals surface area contributed by atoms with Gasteiger partial charge in [0, 0.05) is 12.4 Å². The lowest BCUT2D eigenvalue weighted by molar-refractivity contribution is 0.791. The van der Waals surface area contributed by atoms with Crippen LogP contribution < -0.4 is 5.32 Å². The van der Waals surface area contributed by atoms with Crippen LogP contribution in [-0.4, -0.2) is 30.1 Å². The van der Waals surface area contributed by atoms with E-state index in [1.807, 2.05) is 19.1 Å². The molecule has 90 valence electrons. The number of pyridine rings is 1.